The van der Waals surface area contributed by atoms with Crippen LogP contribution in [0.4, 0.5) is 5.82 Å². The zero-order valence-electron chi connectivity index (χ0n) is 10.8. The standard InChI is InChI=1S/C14H14ClN3O2/c1-2-7-17-12(16)8-13(19)18(14(17)20)9-10-3-5-11(15)6-4-10/h2-6,8H,1,7,9,16H2. The molecule has 2 N–H and O–H groups in total. The van der Waals surface area contributed by atoms with E-state index in [0.29, 0.717) is 5.02 Å². The minimum atomic E-state index is -0.454. The van der Waals surface area contributed by atoms with Crippen molar-refractivity contribution in [2.45, 2.75) is 13.1 Å². The molecule has 0 aliphatic heterocycles. The Kier molecular flexibility index (Phi) is 4.10. The average molecular weight is 292 g/mol. The summed E-state index contributed by atoms with van der Waals surface area (Å²) in [6.07, 6.45) is 1.55. The molecule has 1 aromatic carbocycles. The maximum absolute atomic E-state index is 12.2. The lowest BCUT2D eigenvalue weighted by atomic mass is 10.2. The predicted molar refractivity (Wildman–Crippen MR) is 80.1 cm³/mol. The Balaban J connectivity index is 2.49. The zero-order chi connectivity index (χ0) is 14.7. The molecule has 5 nitrogen and oxygen atoms in total. The van der Waals surface area contributed by atoms with Crippen LogP contribution < -0.4 is 17.0 Å². The summed E-state index contributed by atoms with van der Waals surface area (Å²) in [7, 11) is 0. The smallest absolute Gasteiger partial charge is 0.333 e. The summed E-state index contributed by atoms with van der Waals surface area (Å²) in [5.41, 5.74) is 5.60. The summed E-state index contributed by atoms with van der Waals surface area (Å²) in [4.78, 5) is 24.2. The number of rotatable bonds is 4. The van der Waals surface area contributed by atoms with E-state index in [2.05, 4.69) is 6.58 Å². The number of hydrogen-bond acceptors (Lipinski definition) is 3. The first kappa shape index (κ1) is 14.1. The molecule has 0 aliphatic carbocycles. The molecular weight excluding hydrogens is 278 g/mol. The molecule has 0 amide bonds. The molecule has 2 aromatic rings. The van der Waals surface area contributed by atoms with Crippen LogP contribution in [0.2, 0.25) is 5.02 Å². The lowest BCUT2D eigenvalue weighted by Crippen LogP contribution is -2.40. The van der Waals surface area contributed by atoms with Gasteiger partial charge in [-0.05, 0) is 17.7 Å². The first-order valence-electron chi connectivity index (χ1n) is 5.98. The Morgan fingerprint density at radius 2 is 1.85 bits per heavy atom. The van der Waals surface area contributed by atoms with Crippen molar-refractivity contribution in [1.82, 2.24) is 9.13 Å². The highest BCUT2D eigenvalue weighted by molar-refractivity contribution is 6.30. The fraction of sp³-hybridized carbons (Fsp3) is 0.143. The van der Waals surface area contributed by atoms with E-state index in [1.807, 2.05) is 0 Å². The molecule has 0 bridgehead atoms. The van der Waals surface area contributed by atoms with Gasteiger partial charge in [-0.25, -0.2) is 4.79 Å². The second kappa shape index (κ2) is 5.79. The second-order valence-corrected chi connectivity index (χ2v) is 4.74. The van der Waals surface area contributed by atoms with Crippen LogP contribution in [0.3, 0.4) is 0 Å². The van der Waals surface area contributed by atoms with E-state index in [-0.39, 0.29) is 18.9 Å². The first-order chi connectivity index (χ1) is 9.52. The maximum Gasteiger partial charge on any atom is 0.333 e. The van der Waals surface area contributed by atoms with Crippen LogP contribution in [0.1, 0.15) is 5.56 Å². The van der Waals surface area contributed by atoms with Gasteiger partial charge in [-0.15, -0.1) is 6.58 Å². The third kappa shape index (κ3) is 2.83. The fourth-order valence-electron chi connectivity index (χ4n) is 1.86. The van der Waals surface area contributed by atoms with E-state index in [1.165, 1.54) is 10.6 Å². The monoisotopic (exact) mass is 291 g/mol. The van der Waals surface area contributed by atoms with Crippen LogP contribution in [0.15, 0.2) is 52.6 Å². The lowest BCUT2D eigenvalue weighted by molar-refractivity contribution is 0.625. The van der Waals surface area contributed by atoms with E-state index < -0.39 is 11.2 Å². The van der Waals surface area contributed by atoms with Gasteiger partial charge in [0, 0.05) is 17.6 Å². The van der Waals surface area contributed by atoms with E-state index >= 15 is 0 Å². The molecule has 0 atom stereocenters. The molecule has 0 saturated carbocycles. The summed E-state index contributed by atoms with van der Waals surface area (Å²) in [6.45, 7) is 4.00. The van der Waals surface area contributed by atoms with Crippen LogP contribution in [-0.4, -0.2) is 9.13 Å². The largest absolute Gasteiger partial charge is 0.385 e. The summed E-state index contributed by atoms with van der Waals surface area (Å²) in [6, 6.07) is 8.19. The van der Waals surface area contributed by atoms with Crippen LogP contribution >= 0.6 is 11.6 Å². The molecular formula is C14H14ClN3O2. The van der Waals surface area contributed by atoms with Crippen molar-refractivity contribution in [3.05, 3.63) is 74.4 Å². The van der Waals surface area contributed by atoms with Crippen molar-refractivity contribution in [2.75, 3.05) is 5.73 Å². The topological polar surface area (TPSA) is 70.0 Å². The Hall–Kier alpha value is -2.27. The van der Waals surface area contributed by atoms with Crippen LogP contribution in [-0.2, 0) is 13.1 Å². The molecule has 0 radical (unpaired) electrons. The van der Waals surface area contributed by atoms with Crippen molar-refractivity contribution in [1.29, 1.82) is 0 Å². The van der Waals surface area contributed by atoms with Gasteiger partial charge < -0.3 is 5.73 Å². The van der Waals surface area contributed by atoms with Gasteiger partial charge in [-0.1, -0.05) is 29.8 Å². The van der Waals surface area contributed by atoms with Gasteiger partial charge >= 0.3 is 5.69 Å². The Morgan fingerprint density at radius 1 is 1.20 bits per heavy atom. The van der Waals surface area contributed by atoms with Crippen molar-refractivity contribution in [3.63, 3.8) is 0 Å². The molecule has 104 valence electrons. The number of nitrogens with zero attached hydrogens (tertiary/aromatic N) is 2. The van der Waals surface area contributed by atoms with Gasteiger partial charge in [-0.2, -0.15) is 0 Å². The molecule has 0 saturated heterocycles. The van der Waals surface area contributed by atoms with Gasteiger partial charge in [0.25, 0.3) is 5.56 Å². The molecule has 0 spiro atoms. The third-order valence-corrected chi connectivity index (χ3v) is 3.13. The molecule has 6 heteroatoms. The highest BCUT2D eigenvalue weighted by atomic mass is 35.5. The summed E-state index contributed by atoms with van der Waals surface area (Å²) in [5.74, 6) is 0.132. The number of halogens is 1. The molecule has 0 unspecified atom stereocenters. The molecule has 2 rings (SSSR count). The fourth-order valence-corrected chi connectivity index (χ4v) is 1.99. The molecule has 0 fully saturated rings. The van der Waals surface area contributed by atoms with Crippen molar-refractivity contribution < 1.29 is 0 Å². The second-order valence-electron chi connectivity index (χ2n) is 4.30. The predicted octanol–water partition coefficient (Wildman–Crippen LogP) is 1.48. The number of anilines is 1. The maximum atomic E-state index is 12.2. The van der Waals surface area contributed by atoms with Gasteiger partial charge in [0.15, 0.2) is 0 Å². The van der Waals surface area contributed by atoms with E-state index in [0.717, 1.165) is 10.1 Å². The van der Waals surface area contributed by atoms with Crippen LogP contribution in [0.5, 0.6) is 0 Å². The highest BCUT2D eigenvalue weighted by Crippen LogP contribution is 2.09. The van der Waals surface area contributed by atoms with E-state index in [9.17, 15) is 9.59 Å². The number of aromatic nitrogens is 2. The van der Waals surface area contributed by atoms with Crippen molar-refractivity contribution in [2.24, 2.45) is 0 Å². The summed E-state index contributed by atoms with van der Waals surface area (Å²) in [5, 5.41) is 0.600. The zero-order valence-corrected chi connectivity index (χ0v) is 11.5. The number of nitrogen functional groups attached to an aromatic ring is 1. The Labute approximate surface area is 120 Å². The number of nitrogens with two attached hydrogens (primary N) is 1. The SMILES string of the molecule is C=CCn1c(N)cc(=O)n(Cc2ccc(Cl)cc2)c1=O. The van der Waals surface area contributed by atoms with Gasteiger partial charge in [-0.3, -0.25) is 13.9 Å². The molecule has 1 aromatic heterocycles. The molecule has 20 heavy (non-hydrogen) atoms. The first-order valence-corrected chi connectivity index (χ1v) is 6.36. The Morgan fingerprint density at radius 3 is 2.45 bits per heavy atom. The lowest BCUT2D eigenvalue weighted by Gasteiger charge is -2.11. The van der Waals surface area contributed by atoms with Crippen LogP contribution in [0, 0.1) is 0 Å². The Bertz CT molecular complexity index is 744. The molecule has 0 aliphatic rings. The number of hydrogen-bond donors (Lipinski definition) is 1. The number of allylic oxidation sites excluding steroid dienone is 1. The highest BCUT2D eigenvalue weighted by Gasteiger charge is 2.09. The summed E-state index contributed by atoms with van der Waals surface area (Å²) >= 11 is 5.80. The van der Waals surface area contributed by atoms with Crippen LogP contribution in [0.25, 0.3) is 0 Å². The minimum Gasteiger partial charge on any atom is -0.385 e. The number of benzene rings is 1. The van der Waals surface area contributed by atoms with E-state index in [4.69, 9.17) is 17.3 Å². The van der Waals surface area contributed by atoms with Gasteiger partial charge in [0.2, 0.25) is 0 Å². The normalized spacial score (nSPS) is 10.4. The van der Waals surface area contributed by atoms with Crippen molar-refractivity contribution in [3.8, 4) is 0 Å². The quantitative estimate of drug-likeness (QED) is 0.868. The van der Waals surface area contributed by atoms with Gasteiger partial charge in [0.05, 0.1) is 6.54 Å². The average Bonchev–Trinajstić information content (AvgIpc) is 2.41. The van der Waals surface area contributed by atoms with Gasteiger partial charge in [0.1, 0.15) is 5.82 Å². The van der Waals surface area contributed by atoms with E-state index in [1.54, 1.807) is 30.3 Å². The third-order valence-electron chi connectivity index (χ3n) is 2.88. The molecule has 1 heterocycles. The minimum absolute atomic E-state index is 0.132. The summed E-state index contributed by atoms with van der Waals surface area (Å²) < 4.78 is 2.42. The van der Waals surface area contributed by atoms with Crippen molar-refractivity contribution >= 4 is 17.4 Å².